The molecule has 108 valence electrons. The molecule has 0 saturated carbocycles. The van der Waals surface area contributed by atoms with E-state index in [4.69, 9.17) is 9.84 Å². The number of carboxylic acid groups (broad SMARTS) is 1. The molecule has 2 unspecified atom stereocenters. The van der Waals surface area contributed by atoms with Crippen molar-refractivity contribution < 1.29 is 19.4 Å². The van der Waals surface area contributed by atoms with Crippen LogP contribution in [0.4, 0.5) is 10.5 Å². The highest BCUT2D eigenvalue weighted by Gasteiger charge is 2.23. The Kier molecular flexibility index (Phi) is 4.52. The van der Waals surface area contributed by atoms with Crippen molar-refractivity contribution in [1.82, 2.24) is 10.3 Å². The Morgan fingerprint density at radius 1 is 1.50 bits per heavy atom. The number of amides is 2. The molecule has 7 nitrogen and oxygen atoms in total. The van der Waals surface area contributed by atoms with Crippen LogP contribution in [0.25, 0.3) is 0 Å². The van der Waals surface area contributed by atoms with E-state index < -0.39 is 5.97 Å². The number of rotatable bonds is 4. The molecular weight excluding hydrogens is 262 g/mol. The second-order valence-corrected chi connectivity index (χ2v) is 4.78. The zero-order valence-corrected chi connectivity index (χ0v) is 11.1. The van der Waals surface area contributed by atoms with Gasteiger partial charge in [0.1, 0.15) is 0 Å². The monoisotopic (exact) mass is 279 g/mol. The first kappa shape index (κ1) is 14.3. The van der Waals surface area contributed by atoms with Gasteiger partial charge in [0.2, 0.25) is 0 Å². The summed E-state index contributed by atoms with van der Waals surface area (Å²) in [6.07, 6.45) is 3.55. The number of urea groups is 1. The van der Waals surface area contributed by atoms with Crippen LogP contribution in [-0.2, 0) is 4.74 Å². The van der Waals surface area contributed by atoms with E-state index in [1.807, 2.05) is 6.92 Å². The smallest absolute Gasteiger partial charge is 0.337 e. The quantitative estimate of drug-likeness (QED) is 0.772. The van der Waals surface area contributed by atoms with E-state index in [0.717, 1.165) is 13.0 Å². The van der Waals surface area contributed by atoms with E-state index in [9.17, 15) is 9.59 Å². The Morgan fingerprint density at radius 2 is 2.30 bits per heavy atom. The van der Waals surface area contributed by atoms with E-state index in [2.05, 4.69) is 15.6 Å². The molecule has 2 heterocycles. The first-order valence-corrected chi connectivity index (χ1v) is 6.40. The van der Waals surface area contributed by atoms with Crippen molar-refractivity contribution >= 4 is 17.7 Å². The van der Waals surface area contributed by atoms with Gasteiger partial charge in [-0.2, -0.15) is 0 Å². The largest absolute Gasteiger partial charge is 0.478 e. The van der Waals surface area contributed by atoms with Crippen LogP contribution in [0.15, 0.2) is 18.5 Å². The molecule has 0 aliphatic carbocycles. The number of carbonyl (C=O) groups is 2. The lowest BCUT2D eigenvalue weighted by molar-refractivity contribution is 0.0696. The lowest BCUT2D eigenvalue weighted by Crippen LogP contribution is -2.40. The maximum absolute atomic E-state index is 11.8. The minimum absolute atomic E-state index is 0.00637. The molecule has 1 fully saturated rings. The van der Waals surface area contributed by atoms with Crippen molar-refractivity contribution in [3.63, 3.8) is 0 Å². The van der Waals surface area contributed by atoms with Gasteiger partial charge in [-0.1, -0.05) is 0 Å². The predicted molar refractivity (Wildman–Crippen MR) is 71.7 cm³/mol. The van der Waals surface area contributed by atoms with Gasteiger partial charge in [0.05, 0.1) is 24.1 Å². The number of nitrogens with one attached hydrogen (secondary N) is 2. The SMILES string of the molecule is CC(NC(=O)Nc1cncc(C(=O)O)c1)C1CCOC1. The summed E-state index contributed by atoms with van der Waals surface area (Å²) in [5, 5.41) is 14.2. The minimum atomic E-state index is -1.09. The molecular formula is C13H17N3O4. The third-order valence-electron chi connectivity index (χ3n) is 3.27. The number of aromatic nitrogens is 1. The maximum Gasteiger partial charge on any atom is 0.337 e. The summed E-state index contributed by atoms with van der Waals surface area (Å²) in [4.78, 5) is 26.4. The van der Waals surface area contributed by atoms with E-state index in [1.165, 1.54) is 18.5 Å². The molecule has 2 atom stereocenters. The third-order valence-corrected chi connectivity index (χ3v) is 3.27. The van der Waals surface area contributed by atoms with Crippen LogP contribution in [0.2, 0.25) is 0 Å². The number of hydrogen-bond acceptors (Lipinski definition) is 4. The molecule has 1 aliphatic heterocycles. The number of aromatic carboxylic acids is 1. The Labute approximate surface area is 116 Å². The first-order chi connectivity index (χ1) is 9.56. The van der Waals surface area contributed by atoms with E-state index >= 15 is 0 Å². The molecule has 7 heteroatoms. The summed E-state index contributed by atoms with van der Waals surface area (Å²) in [7, 11) is 0. The Bertz CT molecular complexity index is 500. The van der Waals surface area contributed by atoms with Crippen LogP contribution in [0, 0.1) is 5.92 Å². The zero-order valence-electron chi connectivity index (χ0n) is 11.1. The molecule has 2 amide bonds. The van der Waals surface area contributed by atoms with Gasteiger partial charge in [0, 0.05) is 24.8 Å². The zero-order chi connectivity index (χ0) is 14.5. The van der Waals surface area contributed by atoms with Gasteiger partial charge in [0.15, 0.2) is 0 Å². The van der Waals surface area contributed by atoms with Crippen LogP contribution < -0.4 is 10.6 Å². The standard InChI is InChI=1S/C13H17N3O4/c1-8(9-2-3-20-7-9)15-13(19)16-11-4-10(12(17)18)5-14-6-11/h4-6,8-9H,2-3,7H2,1H3,(H,17,18)(H2,15,16,19). The molecule has 3 N–H and O–H groups in total. The molecule has 1 saturated heterocycles. The second kappa shape index (κ2) is 6.33. The Morgan fingerprint density at radius 3 is 2.95 bits per heavy atom. The van der Waals surface area contributed by atoms with Crippen molar-refractivity contribution in [2.45, 2.75) is 19.4 Å². The van der Waals surface area contributed by atoms with Crippen molar-refractivity contribution in [2.75, 3.05) is 18.5 Å². The number of pyridine rings is 1. The summed E-state index contributed by atoms with van der Waals surface area (Å²) >= 11 is 0. The van der Waals surface area contributed by atoms with Crippen LogP contribution in [0.1, 0.15) is 23.7 Å². The highest BCUT2D eigenvalue weighted by Crippen LogP contribution is 2.16. The Hall–Kier alpha value is -2.15. The third kappa shape index (κ3) is 3.67. The normalized spacial score (nSPS) is 19.4. The lowest BCUT2D eigenvalue weighted by Gasteiger charge is -2.19. The molecule has 1 aromatic rings. The van der Waals surface area contributed by atoms with Crippen molar-refractivity contribution in [3.8, 4) is 0 Å². The van der Waals surface area contributed by atoms with Gasteiger partial charge in [-0.15, -0.1) is 0 Å². The fourth-order valence-corrected chi connectivity index (χ4v) is 2.06. The van der Waals surface area contributed by atoms with Gasteiger partial charge < -0.3 is 20.5 Å². The predicted octanol–water partition coefficient (Wildman–Crippen LogP) is 1.33. The fraction of sp³-hybridized carbons (Fsp3) is 0.462. The molecule has 1 aromatic heterocycles. The molecule has 0 aromatic carbocycles. The number of anilines is 1. The number of carboxylic acids is 1. The van der Waals surface area contributed by atoms with Crippen molar-refractivity contribution in [1.29, 1.82) is 0 Å². The summed E-state index contributed by atoms with van der Waals surface area (Å²) in [5.74, 6) is -0.776. The van der Waals surface area contributed by atoms with Crippen LogP contribution in [-0.4, -0.2) is 41.3 Å². The van der Waals surface area contributed by atoms with Crippen LogP contribution >= 0.6 is 0 Å². The molecule has 2 rings (SSSR count). The van der Waals surface area contributed by atoms with Crippen LogP contribution in [0.5, 0.6) is 0 Å². The molecule has 0 spiro atoms. The van der Waals surface area contributed by atoms with Gasteiger partial charge in [-0.05, 0) is 19.4 Å². The summed E-state index contributed by atoms with van der Waals surface area (Å²) in [5.41, 5.74) is 0.373. The number of hydrogen-bond donors (Lipinski definition) is 3. The van der Waals surface area contributed by atoms with Gasteiger partial charge in [-0.25, -0.2) is 9.59 Å². The highest BCUT2D eigenvalue weighted by molar-refractivity contribution is 5.92. The highest BCUT2D eigenvalue weighted by atomic mass is 16.5. The van der Waals surface area contributed by atoms with Gasteiger partial charge in [-0.3, -0.25) is 4.98 Å². The number of carbonyl (C=O) groups excluding carboxylic acids is 1. The topological polar surface area (TPSA) is 101 Å². The van der Waals surface area contributed by atoms with Crippen LogP contribution in [0.3, 0.4) is 0 Å². The number of ether oxygens (including phenoxy) is 1. The molecule has 0 bridgehead atoms. The van der Waals surface area contributed by atoms with Gasteiger partial charge >= 0.3 is 12.0 Å². The second-order valence-electron chi connectivity index (χ2n) is 4.78. The van der Waals surface area contributed by atoms with Crippen molar-refractivity contribution in [2.24, 2.45) is 5.92 Å². The average Bonchev–Trinajstić information content (AvgIpc) is 2.92. The van der Waals surface area contributed by atoms with Gasteiger partial charge in [0.25, 0.3) is 0 Å². The summed E-state index contributed by atoms with van der Waals surface area (Å²) in [6, 6.07) is 0.972. The Balaban J connectivity index is 1.90. The minimum Gasteiger partial charge on any atom is -0.478 e. The first-order valence-electron chi connectivity index (χ1n) is 6.40. The lowest BCUT2D eigenvalue weighted by atomic mass is 10.0. The number of nitrogens with zero attached hydrogens (tertiary/aromatic N) is 1. The summed E-state index contributed by atoms with van der Waals surface area (Å²) < 4.78 is 5.27. The molecule has 1 aliphatic rings. The van der Waals surface area contributed by atoms with E-state index in [1.54, 1.807) is 0 Å². The summed E-state index contributed by atoms with van der Waals surface area (Å²) in [6.45, 7) is 3.30. The fourth-order valence-electron chi connectivity index (χ4n) is 2.06. The molecule has 20 heavy (non-hydrogen) atoms. The maximum atomic E-state index is 11.8. The average molecular weight is 279 g/mol. The molecule has 0 radical (unpaired) electrons. The van der Waals surface area contributed by atoms with E-state index in [0.29, 0.717) is 18.2 Å². The van der Waals surface area contributed by atoms with Crippen molar-refractivity contribution in [3.05, 3.63) is 24.0 Å². The van der Waals surface area contributed by atoms with E-state index in [-0.39, 0.29) is 17.6 Å².